The van der Waals surface area contributed by atoms with Crippen molar-refractivity contribution in [1.29, 1.82) is 0 Å². The number of nitrogens with zero attached hydrogens (tertiary/aromatic N) is 1. The molecule has 242 valence electrons. The average molecular weight is 821 g/mol. The van der Waals surface area contributed by atoms with Gasteiger partial charge in [0.05, 0.1) is 17.2 Å². The number of phosphoric acid groups is 1. The van der Waals surface area contributed by atoms with E-state index >= 15 is 0 Å². The first-order valence-corrected chi connectivity index (χ1v) is 17.8. The Labute approximate surface area is 292 Å². The summed E-state index contributed by atoms with van der Waals surface area (Å²) in [4.78, 5) is 12.5. The number of aryl methyl sites for hydroxylation is 2. The lowest BCUT2D eigenvalue weighted by Gasteiger charge is -2.30. The SMILES string of the molecule is COc1cccc(CCc2ccccc2OCC(CN(C)C)OCOP(=O)(O)OC(I)(CCCl)c2cc(Cl)c(Cl)cc2Cl)c1. The lowest BCUT2D eigenvalue weighted by atomic mass is 10.0. The highest BCUT2D eigenvalue weighted by atomic mass is 127. The number of phosphoric ester groups is 1. The maximum atomic E-state index is 13.0. The van der Waals surface area contributed by atoms with Gasteiger partial charge in [-0.3, -0.25) is 9.05 Å². The smallest absolute Gasteiger partial charge is 0.475 e. The van der Waals surface area contributed by atoms with Gasteiger partial charge in [-0.25, -0.2) is 4.57 Å². The molecule has 0 radical (unpaired) electrons. The molecule has 0 aliphatic carbocycles. The molecule has 3 rings (SSSR count). The van der Waals surface area contributed by atoms with Crippen LogP contribution >= 0.6 is 76.8 Å². The molecular weight excluding hydrogens is 786 g/mol. The van der Waals surface area contributed by atoms with Gasteiger partial charge < -0.3 is 24.0 Å². The summed E-state index contributed by atoms with van der Waals surface area (Å²) in [5.41, 5.74) is 2.53. The number of methoxy groups -OCH3 is 1. The third kappa shape index (κ3) is 11.8. The van der Waals surface area contributed by atoms with Gasteiger partial charge in [0.1, 0.15) is 24.2 Å². The maximum Gasteiger partial charge on any atom is 0.475 e. The molecule has 0 saturated carbocycles. The number of ether oxygens (including phenoxy) is 3. The zero-order valence-electron chi connectivity index (χ0n) is 24.5. The number of likely N-dealkylation sites (N-methyl/N-ethyl adjacent to an activating group) is 1. The minimum Gasteiger partial charge on any atom is -0.497 e. The van der Waals surface area contributed by atoms with Crippen molar-refractivity contribution >= 4 is 76.8 Å². The number of hydrogen-bond acceptors (Lipinski definition) is 7. The minimum atomic E-state index is -4.66. The van der Waals surface area contributed by atoms with E-state index < -0.39 is 24.3 Å². The van der Waals surface area contributed by atoms with Crippen molar-refractivity contribution in [2.75, 3.05) is 47.0 Å². The molecule has 44 heavy (non-hydrogen) atoms. The second-order valence-electron chi connectivity index (χ2n) is 10.0. The summed E-state index contributed by atoms with van der Waals surface area (Å²) < 4.78 is 39.7. The van der Waals surface area contributed by atoms with Gasteiger partial charge in [0.25, 0.3) is 0 Å². The molecule has 0 aliphatic heterocycles. The molecule has 3 aromatic carbocycles. The highest BCUT2D eigenvalue weighted by Gasteiger charge is 2.40. The molecule has 0 aromatic heterocycles. The second-order valence-corrected chi connectivity index (χ2v) is 14.8. The molecule has 0 bridgehead atoms. The first-order chi connectivity index (χ1) is 20.9. The molecule has 3 atom stereocenters. The van der Waals surface area contributed by atoms with E-state index in [-0.39, 0.29) is 34.0 Å². The van der Waals surface area contributed by atoms with E-state index in [1.54, 1.807) is 7.11 Å². The Balaban J connectivity index is 1.62. The Morgan fingerprint density at radius 3 is 2.43 bits per heavy atom. The van der Waals surface area contributed by atoms with Gasteiger partial charge in [0.2, 0.25) is 0 Å². The summed E-state index contributed by atoms with van der Waals surface area (Å²) >= 11 is 26.5. The van der Waals surface area contributed by atoms with Gasteiger partial charge >= 0.3 is 7.82 Å². The monoisotopic (exact) mass is 819 g/mol. The summed E-state index contributed by atoms with van der Waals surface area (Å²) in [5.74, 6) is 1.64. The van der Waals surface area contributed by atoms with Crippen LogP contribution in [-0.2, 0) is 34.8 Å². The molecule has 3 aromatic rings. The van der Waals surface area contributed by atoms with E-state index in [1.165, 1.54) is 12.1 Å². The first kappa shape index (κ1) is 37.6. The van der Waals surface area contributed by atoms with E-state index in [9.17, 15) is 9.46 Å². The quantitative estimate of drug-likeness (QED) is 0.0449. The van der Waals surface area contributed by atoms with E-state index in [4.69, 9.17) is 69.7 Å². The number of hydrogen-bond donors (Lipinski definition) is 1. The molecule has 14 heteroatoms. The second kappa shape index (κ2) is 17.9. The Morgan fingerprint density at radius 2 is 1.73 bits per heavy atom. The maximum absolute atomic E-state index is 13.0. The predicted octanol–water partition coefficient (Wildman–Crippen LogP) is 8.77. The number of alkyl halides is 2. The molecule has 0 amide bonds. The number of rotatable bonds is 18. The fourth-order valence-corrected chi connectivity index (χ4v) is 7.97. The van der Waals surface area contributed by atoms with Crippen LogP contribution in [0.4, 0.5) is 0 Å². The third-order valence-corrected chi connectivity index (χ3v) is 10.3. The minimum absolute atomic E-state index is 0.0965. The van der Waals surface area contributed by atoms with Gasteiger partial charge in [-0.15, -0.1) is 11.6 Å². The van der Waals surface area contributed by atoms with E-state index in [2.05, 4.69) is 6.07 Å². The largest absolute Gasteiger partial charge is 0.497 e. The predicted molar refractivity (Wildman–Crippen MR) is 185 cm³/mol. The van der Waals surface area contributed by atoms with Crippen molar-refractivity contribution in [2.45, 2.75) is 29.0 Å². The zero-order chi connectivity index (χ0) is 32.3. The normalized spacial score (nSPS) is 15.0. The van der Waals surface area contributed by atoms with Crippen molar-refractivity contribution in [3.05, 3.63) is 92.4 Å². The van der Waals surface area contributed by atoms with Crippen molar-refractivity contribution in [3.63, 3.8) is 0 Å². The van der Waals surface area contributed by atoms with E-state index in [0.29, 0.717) is 12.1 Å². The van der Waals surface area contributed by atoms with E-state index in [0.717, 1.165) is 35.5 Å². The molecule has 0 saturated heterocycles. The summed E-state index contributed by atoms with van der Waals surface area (Å²) in [6.45, 7) is 0.110. The van der Waals surface area contributed by atoms with Crippen LogP contribution in [0.15, 0.2) is 60.7 Å². The number of halogens is 5. The first-order valence-electron chi connectivity index (χ1n) is 13.5. The number of para-hydroxylation sites is 1. The van der Waals surface area contributed by atoms with Gasteiger partial charge in [0.15, 0.2) is 10.4 Å². The molecule has 0 heterocycles. The highest BCUT2D eigenvalue weighted by Crippen LogP contribution is 2.56. The zero-order valence-corrected chi connectivity index (χ0v) is 30.6. The van der Waals surface area contributed by atoms with Crippen LogP contribution in [0.5, 0.6) is 11.5 Å². The summed E-state index contributed by atoms with van der Waals surface area (Å²) in [7, 11) is 0.758. The lowest BCUT2D eigenvalue weighted by Crippen LogP contribution is -2.34. The Morgan fingerprint density at radius 1 is 1.00 bits per heavy atom. The lowest BCUT2D eigenvalue weighted by molar-refractivity contribution is -0.0745. The number of benzene rings is 3. The van der Waals surface area contributed by atoms with Crippen LogP contribution in [0.2, 0.25) is 15.1 Å². The van der Waals surface area contributed by atoms with Crippen LogP contribution in [-0.4, -0.2) is 62.9 Å². The average Bonchev–Trinajstić information content (AvgIpc) is 2.96. The fourth-order valence-electron chi connectivity index (χ4n) is 4.26. The Kier molecular flexibility index (Phi) is 15.3. The topological polar surface area (TPSA) is 86.7 Å². The van der Waals surface area contributed by atoms with Crippen LogP contribution in [0, 0.1) is 0 Å². The van der Waals surface area contributed by atoms with Gasteiger partial charge in [0, 0.05) is 29.4 Å². The summed E-state index contributed by atoms with van der Waals surface area (Å²) in [5, 5.41) is 0.633. The van der Waals surface area contributed by atoms with Crippen LogP contribution < -0.4 is 9.47 Å². The van der Waals surface area contributed by atoms with Crippen molar-refractivity contribution in [2.24, 2.45) is 0 Å². The molecule has 0 fully saturated rings. The summed E-state index contributed by atoms with van der Waals surface area (Å²) in [6, 6.07) is 18.7. The standard InChI is InChI=1S/C30H35Cl4INO7P/c1-36(2)18-24(19-40-29-10-5-4-8-22(29)12-11-21-7-6-9-23(15-21)39-3)41-20-42-44(37,38)43-30(35,13-14-31)25-16-27(33)28(34)17-26(25)32/h4-10,15-17,24H,11-14,18-20H2,1-3H3,(H,37,38). The van der Waals surface area contributed by atoms with Gasteiger partial charge in [-0.05, 0) is 91.0 Å². The van der Waals surface area contributed by atoms with Gasteiger partial charge in [-0.1, -0.05) is 65.1 Å². The molecule has 8 nitrogen and oxygen atoms in total. The Bertz CT molecular complexity index is 1420. The van der Waals surface area contributed by atoms with Crippen LogP contribution in [0.1, 0.15) is 23.1 Å². The van der Waals surface area contributed by atoms with Crippen LogP contribution in [0.3, 0.4) is 0 Å². The molecule has 3 unspecified atom stereocenters. The molecular formula is C30H35Cl4INO7P. The van der Waals surface area contributed by atoms with Crippen molar-refractivity contribution in [3.8, 4) is 11.5 Å². The third-order valence-electron chi connectivity index (χ3n) is 6.39. The van der Waals surface area contributed by atoms with Gasteiger partial charge in [-0.2, -0.15) is 0 Å². The molecule has 0 aliphatic rings. The summed E-state index contributed by atoms with van der Waals surface area (Å²) in [6.07, 6.45) is 1.20. The molecule has 1 N–H and O–H groups in total. The molecule has 0 spiro atoms. The van der Waals surface area contributed by atoms with Crippen molar-refractivity contribution < 1.29 is 32.7 Å². The van der Waals surface area contributed by atoms with Crippen molar-refractivity contribution in [1.82, 2.24) is 4.90 Å². The highest BCUT2D eigenvalue weighted by molar-refractivity contribution is 14.1. The van der Waals surface area contributed by atoms with E-state index in [1.807, 2.05) is 84.1 Å². The fraction of sp³-hybridized carbons (Fsp3) is 0.400. The Hall–Kier alpha value is -0.820. The van der Waals surface area contributed by atoms with Crippen LogP contribution in [0.25, 0.3) is 0 Å².